The van der Waals surface area contributed by atoms with E-state index >= 15 is 0 Å². The molecule has 1 aromatic carbocycles. The third-order valence-corrected chi connectivity index (χ3v) is 4.37. The Kier molecular flexibility index (Phi) is 7.06. The summed E-state index contributed by atoms with van der Waals surface area (Å²) in [5, 5.41) is 3.01. The van der Waals surface area contributed by atoms with Crippen LogP contribution in [0.3, 0.4) is 0 Å². The highest BCUT2D eigenvalue weighted by Crippen LogP contribution is 2.22. The lowest BCUT2D eigenvalue weighted by Gasteiger charge is -2.18. The van der Waals surface area contributed by atoms with Crippen molar-refractivity contribution in [3.8, 4) is 5.75 Å². The molecule has 0 aromatic heterocycles. The third kappa shape index (κ3) is 5.49. The van der Waals surface area contributed by atoms with E-state index < -0.39 is 0 Å². The molecule has 0 bridgehead atoms. The average Bonchev–Trinajstić information content (AvgIpc) is 3.04. The minimum Gasteiger partial charge on any atom is -0.494 e. The van der Waals surface area contributed by atoms with Crippen LogP contribution >= 0.6 is 0 Å². The van der Waals surface area contributed by atoms with Gasteiger partial charge < -0.3 is 20.5 Å². The van der Waals surface area contributed by atoms with E-state index in [-0.39, 0.29) is 24.2 Å². The monoisotopic (exact) mass is 334 g/mol. The van der Waals surface area contributed by atoms with Gasteiger partial charge >= 0.3 is 0 Å². The van der Waals surface area contributed by atoms with Crippen molar-refractivity contribution in [1.82, 2.24) is 5.32 Å². The Hall–Kier alpha value is -1.59. The smallest absolute Gasteiger partial charge is 0.249 e. The molecule has 1 unspecified atom stereocenters. The Balaban J connectivity index is 1.81. The van der Waals surface area contributed by atoms with Gasteiger partial charge in [-0.05, 0) is 49.8 Å². The quantitative estimate of drug-likeness (QED) is 0.767. The first-order valence-electron chi connectivity index (χ1n) is 8.88. The minimum absolute atomic E-state index is 0.0123. The van der Waals surface area contributed by atoms with Crippen molar-refractivity contribution in [2.75, 3.05) is 13.2 Å². The highest BCUT2D eigenvalue weighted by atomic mass is 16.5. The molecule has 5 heteroatoms. The fourth-order valence-corrected chi connectivity index (χ4v) is 2.73. The second-order valence-corrected chi connectivity index (χ2v) is 6.89. The lowest BCUT2D eigenvalue weighted by Crippen LogP contribution is -2.36. The summed E-state index contributed by atoms with van der Waals surface area (Å²) in [7, 11) is 0. The number of hydrogen-bond acceptors (Lipinski definition) is 4. The summed E-state index contributed by atoms with van der Waals surface area (Å²) in [6.07, 6.45) is 2.27. The Morgan fingerprint density at radius 1 is 1.29 bits per heavy atom. The number of hydrogen-bond donors (Lipinski definition) is 2. The van der Waals surface area contributed by atoms with Crippen LogP contribution < -0.4 is 15.8 Å². The highest BCUT2D eigenvalue weighted by Gasteiger charge is 2.30. The normalized spacial score (nSPS) is 21.7. The molecule has 0 saturated carbocycles. The largest absolute Gasteiger partial charge is 0.494 e. The van der Waals surface area contributed by atoms with Gasteiger partial charge in [0.05, 0.1) is 18.8 Å². The number of nitrogens with two attached hydrogens (primary N) is 1. The van der Waals surface area contributed by atoms with E-state index in [1.54, 1.807) is 0 Å². The van der Waals surface area contributed by atoms with Gasteiger partial charge in [0, 0.05) is 6.54 Å². The molecule has 2 rings (SSSR count). The molecule has 5 nitrogen and oxygen atoms in total. The van der Waals surface area contributed by atoms with Crippen LogP contribution in [0.5, 0.6) is 5.75 Å². The molecule has 1 heterocycles. The van der Waals surface area contributed by atoms with E-state index in [9.17, 15) is 4.79 Å². The number of benzene rings is 1. The average molecular weight is 334 g/mol. The summed E-state index contributed by atoms with van der Waals surface area (Å²) < 4.78 is 11.4. The van der Waals surface area contributed by atoms with Crippen molar-refractivity contribution >= 4 is 5.91 Å². The van der Waals surface area contributed by atoms with Crippen molar-refractivity contribution in [3.63, 3.8) is 0 Å². The predicted octanol–water partition coefficient (Wildman–Crippen LogP) is 2.79. The van der Waals surface area contributed by atoms with Crippen molar-refractivity contribution in [2.24, 2.45) is 11.7 Å². The first kappa shape index (κ1) is 18.7. The van der Waals surface area contributed by atoms with Crippen molar-refractivity contribution in [1.29, 1.82) is 0 Å². The van der Waals surface area contributed by atoms with Crippen molar-refractivity contribution in [2.45, 2.75) is 58.3 Å². The predicted molar refractivity (Wildman–Crippen MR) is 94.9 cm³/mol. The standard InChI is InChI=1S/C19H30N2O3/c1-13(2)10-11-23-16-6-4-15(5-7-16)14(3)21-19(22)18-9-8-17(12-20)24-18/h4-7,13-14,17-18H,8-12,20H2,1-3H3,(H,21,22)/t14?,17-,18+/m1/s1. The van der Waals surface area contributed by atoms with Crippen LogP contribution in [0.1, 0.15) is 51.6 Å². The van der Waals surface area contributed by atoms with Crippen LogP contribution in [0, 0.1) is 5.92 Å². The zero-order valence-electron chi connectivity index (χ0n) is 15.0. The zero-order valence-corrected chi connectivity index (χ0v) is 15.0. The molecule has 1 aliphatic rings. The van der Waals surface area contributed by atoms with Gasteiger partial charge in [-0.2, -0.15) is 0 Å². The number of nitrogens with one attached hydrogen (secondary N) is 1. The highest BCUT2D eigenvalue weighted by molar-refractivity contribution is 5.81. The summed E-state index contributed by atoms with van der Waals surface area (Å²) in [5.74, 6) is 1.44. The lowest BCUT2D eigenvalue weighted by atomic mass is 10.1. The molecular weight excluding hydrogens is 304 g/mol. The Morgan fingerprint density at radius 2 is 2.00 bits per heavy atom. The van der Waals surface area contributed by atoms with Crippen LogP contribution in [0.4, 0.5) is 0 Å². The van der Waals surface area contributed by atoms with Gasteiger partial charge in [-0.25, -0.2) is 0 Å². The first-order valence-corrected chi connectivity index (χ1v) is 8.88. The van der Waals surface area contributed by atoms with Gasteiger partial charge in [-0.3, -0.25) is 4.79 Å². The van der Waals surface area contributed by atoms with Gasteiger partial charge in [-0.1, -0.05) is 26.0 Å². The molecule has 1 fully saturated rings. The van der Waals surface area contributed by atoms with E-state index in [1.165, 1.54) is 0 Å². The van der Waals surface area contributed by atoms with Gasteiger partial charge in [0.1, 0.15) is 11.9 Å². The van der Waals surface area contributed by atoms with Crippen LogP contribution in [-0.2, 0) is 9.53 Å². The molecular formula is C19H30N2O3. The van der Waals surface area contributed by atoms with Gasteiger partial charge in [-0.15, -0.1) is 0 Å². The van der Waals surface area contributed by atoms with E-state index in [2.05, 4.69) is 19.2 Å². The lowest BCUT2D eigenvalue weighted by molar-refractivity contribution is -0.132. The summed E-state index contributed by atoms with van der Waals surface area (Å²) in [6, 6.07) is 7.83. The van der Waals surface area contributed by atoms with Crippen LogP contribution in [0.25, 0.3) is 0 Å². The van der Waals surface area contributed by atoms with Gasteiger partial charge in [0.15, 0.2) is 0 Å². The molecule has 0 aliphatic carbocycles. The van der Waals surface area contributed by atoms with Crippen LogP contribution in [-0.4, -0.2) is 31.3 Å². The number of ether oxygens (including phenoxy) is 2. The van der Waals surface area contributed by atoms with E-state index in [1.807, 2.05) is 31.2 Å². The SMILES string of the molecule is CC(C)CCOc1ccc(C(C)NC(=O)[C@@H]2CC[C@H](CN)O2)cc1. The summed E-state index contributed by atoms with van der Waals surface area (Å²) >= 11 is 0. The third-order valence-electron chi connectivity index (χ3n) is 4.37. The maximum Gasteiger partial charge on any atom is 0.249 e. The van der Waals surface area contributed by atoms with E-state index in [0.717, 1.165) is 37.2 Å². The van der Waals surface area contributed by atoms with Crippen LogP contribution in [0.2, 0.25) is 0 Å². The van der Waals surface area contributed by atoms with Gasteiger partial charge in [0.2, 0.25) is 5.91 Å². The number of carbonyl (C=O) groups is 1. The van der Waals surface area contributed by atoms with Gasteiger partial charge in [0.25, 0.3) is 0 Å². The summed E-state index contributed by atoms with van der Waals surface area (Å²) in [4.78, 5) is 12.3. The fraction of sp³-hybridized carbons (Fsp3) is 0.632. The molecule has 134 valence electrons. The molecule has 1 aliphatic heterocycles. The molecule has 24 heavy (non-hydrogen) atoms. The maximum absolute atomic E-state index is 12.3. The number of rotatable bonds is 8. The summed E-state index contributed by atoms with van der Waals surface area (Å²) in [6.45, 7) is 7.53. The molecule has 0 spiro atoms. The number of amides is 1. The van der Waals surface area contributed by atoms with Crippen molar-refractivity contribution in [3.05, 3.63) is 29.8 Å². The van der Waals surface area contributed by atoms with E-state index in [0.29, 0.717) is 12.5 Å². The second kappa shape index (κ2) is 9.04. The Labute approximate surface area is 144 Å². The molecule has 0 radical (unpaired) electrons. The van der Waals surface area contributed by atoms with Crippen molar-refractivity contribution < 1.29 is 14.3 Å². The Morgan fingerprint density at radius 3 is 2.58 bits per heavy atom. The second-order valence-electron chi connectivity index (χ2n) is 6.89. The fourth-order valence-electron chi connectivity index (χ4n) is 2.73. The molecule has 3 atom stereocenters. The first-order chi connectivity index (χ1) is 11.5. The van der Waals surface area contributed by atoms with E-state index in [4.69, 9.17) is 15.2 Å². The van der Waals surface area contributed by atoms with Crippen LogP contribution in [0.15, 0.2) is 24.3 Å². The molecule has 3 N–H and O–H groups in total. The zero-order chi connectivity index (χ0) is 17.5. The maximum atomic E-state index is 12.3. The molecule has 1 amide bonds. The molecule has 1 saturated heterocycles. The molecule has 1 aromatic rings. The Bertz CT molecular complexity index is 516. The number of carbonyl (C=O) groups excluding carboxylic acids is 1. The summed E-state index contributed by atoms with van der Waals surface area (Å²) in [5.41, 5.74) is 6.63. The topological polar surface area (TPSA) is 73.6 Å². The minimum atomic E-state index is -0.375.